The first-order chi connectivity index (χ1) is 9.00. The maximum absolute atomic E-state index is 13.5. The topological polar surface area (TPSA) is 32.3 Å². The van der Waals surface area contributed by atoms with Crippen molar-refractivity contribution in [3.05, 3.63) is 35.6 Å². The van der Waals surface area contributed by atoms with E-state index in [1.807, 2.05) is 19.1 Å². The third-order valence-corrected chi connectivity index (χ3v) is 3.04. The molecular formula is C15H23FN2O. The van der Waals surface area contributed by atoms with E-state index in [0.717, 1.165) is 18.5 Å². The first-order valence-corrected chi connectivity index (χ1v) is 6.67. The van der Waals surface area contributed by atoms with Crippen LogP contribution in [0, 0.1) is 5.82 Å². The molecule has 4 heteroatoms. The number of hydrogen-bond donors (Lipinski definition) is 1. The molecule has 0 bridgehead atoms. The maximum Gasteiger partial charge on any atom is 0.222 e. The summed E-state index contributed by atoms with van der Waals surface area (Å²) in [6.45, 7) is 2.80. The van der Waals surface area contributed by atoms with Crippen molar-refractivity contribution in [1.82, 2.24) is 10.2 Å². The van der Waals surface area contributed by atoms with Gasteiger partial charge in [-0.1, -0.05) is 18.2 Å². The number of amides is 1. The van der Waals surface area contributed by atoms with Crippen LogP contribution in [0.15, 0.2) is 24.3 Å². The minimum absolute atomic E-state index is 0.142. The molecule has 0 aliphatic rings. The van der Waals surface area contributed by atoms with Crippen LogP contribution in [0.4, 0.5) is 4.39 Å². The van der Waals surface area contributed by atoms with E-state index in [1.165, 1.54) is 6.07 Å². The molecule has 106 valence electrons. The summed E-state index contributed by atoms with van der Waals surface area (Å²) in [7, 11) is 3.52. The van der Waals surface area contributed by atoms with E-state index in [1.54, 1.807) is 25.1 Å². The molecule has 0 spiro atoms. The molecule has 1 rings (SSSR count). The smallest absolute Gasteiger partial charge is 0.222 e. The van der Waals surface area contributed by atoms with Gasteiger partial charge in [-0.25, -0.2) is 4.39 Å². The Labute approximate surface area is 114 Å². The molecule has 1 atom stereocenters. The Kier molecular flexibility index (Phi) is 6.50. The number of nitrogens with zero attached hydrogens (tertiary/aromatic N) is 1. The molecular weight excluding hydrogens is 243 g/mol. The number of rotatable bonds is 7. The Hall–Kier alpha value is -1.42. The van der Waals surface area contributed by atoms with Crippen molar-refractivity contribution in [2.24, 2.45) is 0 Å². The average molecular weight is 266 g/mol. The van der Waals surface area contributed by atoms with Crippen molar-refractivity contribution in [3.8, 4) is 0 Å². The number of carbonyl (C=O) groups is 1. The second-order valence-corrected chi connectivity index (χ2v) is 5.04. The van der Waals surface area contributed by atoms with E-state index < -0.39 is 0 Å². The zero-order valence-electron chi connectivity index (χ0n) is 11.9. The van der Waals surface area contributed by atoms with Crippen molar-refractivity contribution in [2.45, 2.75) is 32.2 Å². The van der Waals surface area contributed by atoms with Crippen LogP contribution >= 0.6 is 0 Å². The summed E-state index contributed by atoms with van der Waals surface area (Å²) >= 11 is 0. The second kappa shape index (κ2) is 7.89. The largest absolute Gasteiger partial charge is 0.349 e. The molecule has 0 aliphatic carbocycles. The zero-order chi connectivity index (χ0) is 14.3. The lowest BCUT2D eigenvalue weighted by Gasteiger charge is -2.15. The van der Waals surface area contributed by atoms with Gasteiger partial charge in [-0.3, -0.25) is 4.79 Å². The molecule has 0 radical (unpaired) electrons. The van der Waals surface area contributed by atoms with Crippen molar-refractivity contribution in [1.29, 1.82) is 0 Å². The zero-order valence-corrected chi connectivity index (χ0v) is 11.9. The van der Waals surface area contributed by atoms with Crippen LogP contribution in [0.3, 0.4) is 0 Å². The van der Waals surface area contributed by atoms with E-state index in [9.17, 15) is 9.18 Å². The molecule has 0 fully saturated rings. The molecule has 0 heterocycles. The second-order valence-electron chi connectivity index (χ2n) is 5.04. The average Bonchev–Trinajstić information content (AvgIpc) is 2.37. The van der Waals surface area contributed by atoms with Crippen molar-refractivity contribution < 1.29 is 9.18 Å². The normalized spacial score (nSPS) is 12.2. The highest BCUT2D eigenvalue weighted by molar-refractivity contribution is 5.75. The quantitative estimate of drug-likeness (QED) is 0.767. The van der Waals surface area contributed by atoms with E-state index in [4.69, 9.17) is 0 Å². The minimum Gasteiger partial charge on any atom is -0.349 e. The van der Waals surface area contributed by atoms with Crippen molar-refractivity contribution in [2.75, 3.05) is 20.6 Å². The molecule has 0 aliphatic heterocycles. The summed E-state index contributed by atoms with van der Waals surface area (Å²) in [5.74, 6) is -0.0116. The highest BCUT2D eigenvalue weighted by Crippen LogP contribution is 2.09. The van der Waals surface area contributed by atoms with Crippen molar-refractivity contribution in [3.63, 3.8) is 0 Å². The summed E-state index contributed by atoms with van der Waals surface area (Å²) in [5.41, 5.74) is 0.729. The van der Waals surface area contributed by atoms with Crippen LogP contribution in [-0.4, -0.2) is 37.5 Å². The molecule has 0 aromatic heterocycles. The number of benzene rings is 1. The third kappa shape index (κ3) is 5.83. The van der Waals surface area contributed by atoms with E-state index >= 15 is 0 Å². The van der Waals surface area contributed by atoms with Crippen LogP contribution in [0.1, 0.15) is 25.3 Å². The lowest BCUT2D eigenvalue weighted by Crippen LogP contribution is -2.30. The minimum atomic E-state index is -0.154. The van der Waals surface area contributed by atoms with E-state index in [0.29, 0.717) is 12.8 Å². The Morgan fingerprint density at radius 3 is 2.68 bits per heavy atom. The Morgan fingerprint density at radius 1 is 1.37 bits per heavy atom. The Balaban J connectivity index is 2.23. The summed E-state index contributed by atoms with van der Waals surface area (Å²) in [5, 5.41) is 3.32. The SMILES string of the molecule is C[C@@H](Cc1ccccc1F)NCCCC(=O)N(C)C. The van der Waals surface area contributed by atoms with Crippen LogP contribution in [-0.2, 0) is 11.2 Å². The van der Waals surface area contributed by atoms with Gasteiger partial charge >= 0.3 is 0 Å². The third-order valence-electron chi connectivity index (χ3n) is 3.04. The summed E-state index contributed by atoms with van der Waals surface area (Å²) in [6, 6.07) is 7.04. The molecule has 0 unspecified atom stereocenters. The van der Waals surface area contributed by atoms with Gasteiger partial charge in [0.1, 0.15) is 5.82 Å². The number of halogens is 1. The summed E-state index contributed by atoms with van der Waals surface area (Å²) in [4.78, 5) is 13.0. The Bertz CT molecular complexity index is 407. The first kappa shape index (κ1) is 15.6. The van der Waals surface area contributed by atoms with Gasteiger partial charge in [0.05, 0.1) is 0 Å². The highest BCUT2D eigenvalue weighted by atomic mass is 19.1. The molecule has 0 saturated heterocycles. The van der Waals surface area contributed by atoms with Crippen LogP contribution < -0.4 is 5.32 Å². The number of nitrogens with one attached hydrogen (secondary N) is 1. The lowest BCUT2D eigenvalue weighted by atomic mass is 10.1. The fraction of sp³-hybridized carbons (Fsp3) is 0.533. The number of hydrogen-bond acceptors (Lipinski definition) is 2. The molecule has 19 heavy (non-hydrogen) atoms. The molecule has 0 saturated carbocycles. The van der Waals surface area contributed by atoms with Gasteiger partial charge in [-0.15, -0.1) is 0 Å². The first-order valence-electron chi connectivity index (χ1n) is 6.67. The molecule has 3 nitrogen and oxygen atoms in total. The molecule has 1 amide bonds. The van der Waals surface area contributed by atoms with Crippen LogP contribution in [0.25, 0.3) is 0 Å². The summed E-state index contributed by atoms with van der Waals surface area (Å²) in [6.07, 6.45) is 2.01. The summed E-state index contributed by atoms with van der Waals surface area (Å²) < 4.78 is 13.5. The van der Waals surface area contributed by atoms with Gasteiger partial charge in [0.25, 0.3) is 0 Å². The molecule has 1 N–H and O–H groups in total. The molecule has 1 aromatic carbocycles. The number of carbonyl (C=O) groups excluding carboxylic acids is 1. The van der Waals surface area contributed by atoms with Gasteiger partial charge in [0.2, 0.25) is 5.91 Å². The fourth-order valence-corrected chi connectivity index (χ4v) is 1.88. The van der Waals surface area contributed by atoms with Crippen molar-refractivity contribution >= 4 is 5.91 Å². The highest BCUT2D eigenvalue weighted by Gasteiger charge is 2.07. The van der Waals surface area contributed by atoms with Gasteiger partial charge in [0, 0.05) is 26.6 Å². The predicted molar refractivity (Wildman–Crippen MR) is 75.5 cm³/mol. The van der Waals surface area contributed by atoms with Crippen LogP contribution in [0.5, 0.6) is 0 Å². The monoisotopic (exact) mass is 266 g/mol. The van der Waals surface area contributed by atoms with Crippen LogP contribution in [0.2, 0.25) is 0 Å². The van der Waals surface area contributed by atoms with Gasteiger partial charge in [0.15, 0.2) is 0 Å². The fourth-order valence-electron chi connectivity index (χ4n) is 1.88. The molecule has 1 aromatic rings. The van der Waals surface area contributed by atoms with Gasteiger partial charge in [-0.05, 0) is 37.9 Å². The van der Waals surface area contributed by atoms with Gasteiger partial charge in [-0.2, -0.15) is 0 Å². The van der Waals surface area contributed by atoms with E-state index in [-0.39, 0.29) is 17.8 Å². The standard InChI is InChI=1S/C15H23FN2O/c1-12(11-13-7-4-5-8-14(13)16)17-10-6-9-15(19)18(2)3/h4-5,7-8,12,17H,6,9-11H2,1-3H3/t12-/m0/s1. The van der Waals surface area contributed by atoms with E-state index in [2.05, 4.69) is 5.32 Å². The van der Waals surface area contributed by atoms with Gasteiger partial charge < -0.3 is 10.2 Å². The lowest BCUT2D eigenvalue weighted by molar-refractivity contribution is -0.128. The maximum atomic E-state index is 13.5. The predicted octanol–water partition coefficient (Wildman–Crippen LogP) is 2.21. The Morgan fingerprint density at radius 2 is 2.05 bits per heavy atom.